The molecule has 192 valence electrons. The van der Waals surface area contributed by atoms with Crippen LogP contribution in [0.3, 0.4) is 0 Å². The molecule has 0 aromatic heterocycles. The highest BCUT2D eigenvalue weighted by atomic mass is 16.2. The molecule has 0 heterocycles. The van der Waals surface area contributed by atoms with Crippen LogP contribution < -0.4 is 5.32 Å². The van der Waals surface area contributed by atoms with Gasteiger partial charge in [-0.05, 0) is 104 Å². The molecule has 0 bridgehead atoms. The minimum atomic E-state index is -0.492. The molecule has 4 heteroatoms. The standard InChI is InChI=1S/C31H46N2O2/c1-8-33-26(35)31-14-11-19(2)24(31)21-9-10-23-28(5)17-20(18-32)25(34)27(3,4)22(28)12-13-30(23,7)29(21,6)15-16-31/h17,19,21-24H,8-16H2,1-7H3,(H,33,35)/t19?,21?,22?,23?,24?,28?,29-,30?,31?/m1/s1. The van der Waals surface area contributed by atoms with E-state index in [1.807, 2.05) is 6.92 Å². The zero-order valence-corrected chi connectivity index (χ0v) is 23.1. The molecule has 5 aliphatic rings. The number of nitrogens with one attached hydrogen (secondary N) is 1. The summed E-state index contributed by atoms with van der Waals surface area (Å²) in [5.74, 6) is 2.70. The monoisotopic (exact) mass is 478 g/mol. The fourth-order valence-corrected chi connectivity index (χ4v) is 11.3. The van der Waals surface area contributed by atoms with Gasteiger partial charge in [0.2, 0.25) is 5.91 Å². The molecule has 4 nitrogen and oxygen atoms in total. The Morgan fingerprint density at radius 2 is 1.71 bits per heavy atom. The van der Waals surface area contributed by atoms with E-state index >= 15 is 0 Å². The van der Waals surface area contributed by atoms with Gasteiger partial charge >= 0.3 is 0 Å². The number of ketones is 1. The molecule has 8 unspecified atom stereocenters. The molecule has 0 saturated heterocycles. The number of hydrogen-bond acceptors (Lipinski definition) is 3. The van der Waals surface area contributed by atoms with Gasteiger partial charge in [-0.3, -0.25) is 9.59 Å². The Labute approximate surface area is 212 Å². The van der Waals surface area contributed by atoms with Crippen LogP contribution in [0.15, 0.2) is 11.6 Å². The second kappa shape index (κ2) is 7.69. The van der Waals surface area contributed by atoms with Crippen LogP contribution in [-0.2, 0) is 9.59 Å². The first kappa shape index (κ1) is 25.0. The molecule has 0 aromatic rings. The highest BCUT2D eigenvalue weighted by molar-refractivity contribution is 6.04. The molecule has 35 heavy (non-hydrogen) atoms. The third-order valence-corrected chi connectivity index (χ3v) is 13.0. The van der Waals surface area contributed by atoms with Crippen molar-refractivity contribution in [3.8, 4) is 6.07 Å². The second-order valence-corrected chi connectivity index (χ2v) is 14.3. The van der Waals surface area contributed by atoms with Crippen molar-refractivity contribution in [2.45, 2.75) is 99.8 Å². The van der Waals surface area contributed by atoms with Crippen molar-refractivity contribution in [3.63, 3.8) is 0 Å². The number of Topliss-reactive ketones (excluding diaryl/α,β-unsaturated/α-hetero) is 1. The predicted molar refractivity (Wildman–Crippen MR) is 138 cm³/mol. The molecule has 1 amide bonds. The Hall–Kier alpha value is -1.63. The highest BCUT2D eigenvalue weighted by Crippen LogP contribution is 2.76. The number of hydrogen-bond donors (Lipinski definition) is 1. The average Bonchev–Trinajstić information content (AvgIpc) is 3.15. The Morgan fingerprint density at radius 1 is 1.00 bits per heavy atom. The predicted octanol–water partition coefficient (Wildman–Crippen LogP) is 6.46. The van der Waals surface area contributed by atoms with Gasteiger partial charge in [-0.25, -0.2) is 0 Å². The van der Waals surface area contributed by atoms with Crippen LogP contribution in [-0.4, -0.2) is 18.2 Å². The lowest BCUT2D eigenvalue weighted by molar-refractivity contribution is -0.218. The summed E-state index contributed by atoms with van der Waals surface area (Å²) in [4.78, 5) is 26.7. The third-order valence-electron chi connectivity index (χ3n) is 13.0. The molecular weight excluding hydrogens is 432 g/mol. The maximum atomic E-state index is 13.5. The van der Waals surface area contributed by atoms with E-state index in [4.69, 9.17) is 0 Å². The van der Waals surface area contributed by atoms with Crippen LogP contribution in [0.2, 0.25) is 0 Å². The quantitative estimate of drug-likeness (QED) is 0.495. The SMILES string of the molecule is CCNC(=O)C12CCC(C)C1C1CCC3C4(C)C=C(C#N)C(=O)C(C)(C)C4CCC3(C)[C@]1(C)CC2. The first-order valence-corrected chi connectivity index (χ1v) is 14.3. The molecule has 5 aliphatic carbocycles. The number of amides is 1. The van der Waals surface area contributed by atoms with Crippen molar-refractivity contribution in [1.82, 2.24) is 5.32 Å². The largest absolute Gasteiger partial charge is 0.356 e. The fourth-order valence-electron chi connectivity index (χ4n) is 11.3. The summed E-state index contributed by atoms with van der Waals surface area (Å²) in [5.41, 5.74) is -0.114. The minimum absolute atomic E-state index is 0.0372. The number of allylic oxidation sites excluding steroid dienone is 2. The van der Waals surface area contributed by atoms with Gasteiger partial charge in [0.1, 0.15) is 6.07 Å². The van der Waals surface area contributed by atoms with Crippen LogP contribution in [0.5, 0.6) is 0 Å². The first-order chi connectivity index (χ1) is 16.3. The molecule has 9 atom stereocenters. The van der Waals surface area contributed by atoms with E-state index in [1.165, 1.54) is 12.8 Å². The summed E-state index contributed by atoms with van der Waals surface area (Å²) in [6.45, 7) is 16.8. The van der Waals surface area contributed by atoms with Crippen molar-refractivity contribution in [2.24, 2.45) is 56.7 Å². The molecular formula is C31H46N2O2. The fraction of sp³-hybridized carbons (Fsp3) is 0.839. The number of nitriles is 1. The van der Waals surface area contributed by atoms with Gasteiger partial charge in [0, 0.05) is 12.0 Å². The Morgan fingerprint density at radius 3 is 2.37 bits per heavy atom. The van der Waals surface area contributed by atoms with E-state index in [-0.39, 0.29) is 33.4 Å². The van der Waals surface area contributed by atoms with E-state index in [1.54, 1.807) is 0 Å². The lowest BCUT2D eigenvalue weighted by Crippen LogP contribution is -2.66. The van der Waals surface area contributed by atoms with Crippen molar-refractivity contribution in [2.75, 3.05) is 6.54 Å². The van der Waals surface area contributed by atoms with Crippen molar-refractivity contribution < 1.29 is 9.59 Å². The molecule has 0 aromatic carbocycles. The van der Waals surface area contributed by atoms with E-state index in [9.17, 15) is 14.9 Å². The summed E-state index contributed by atoms with van der Waals surface area (Å²) in [7, 11) is 0. The molecule has 1 N–H and O–H groups in total. The molecule has 4 saturated carbocycles. The average molecular weight is 479 g/mol. The summed E-state index contributed by atoms with van der Waals surface area (Å²) in [6, 6.07) is 2.27. The lowest BCUT2D eigenvalue weighted by atomic mass is 9.33. The number of nitrogens with zero attached hydrogens (tertiary/aromatic N) is 1. The number of rotatable bonds is 2. The normalized spacial score (nSPS) is 50.1. The van der Waals surface area contributed by atoms with Crippen molar-refractivity contribution in [3.05, 3.63) is 11.6 Å². The van der Waals surface area contributed by atoms with Gasteiger partial charge in [0.15, 0.2) is 5.78 Å². The van der Waals surface area contributed by atoms with E-state index < -0.39 is 5.41 Å². The molecule has 0 radical (unpaired) electrons. The van der Waals surface area contributed by atoms with Crippen LogP contribution in [0.25, 0.3) is 0 Å². The smallest absolute Gasteiger partial charge is 0.226 e. The van der Waals surface area contributed by atoms with Crippen LogP contribution in [0.4, 0.5) is 0 Å². The van der Waals surface area contributed by atoms with Gasteiger partial charge in [-0.1, -0.05) is 47.6 Å². The molecule has 0 aliphatic heterocycles. The van der Waals surface area contributed by atoms with Crippen LogP contribution in [0, 0.1) is 68.0 Å². The number of carbonyl (C=O) groups is 2. The summed E-state index contributed by atoms with van der Waals surface area (Å²) < 4.78 is 0. The lowest BCUT2D eigenvalue weighted by Gasteiger charge is -2.71. The first-order valence-electron chi connectivity index (χ1n) is 14.3. The maximum Gasteiger partial charge on any atom is 0.226 e. The second-order valence-electron chi connectivity index (χ2n) is 14.3. The minimum Gasteiger partial charge on any atom is -0.356 e. The van der Waals surface area contributed by atoms with E-state index in [0.29, 0.717) is 41.7 Å². The van der Waals surface area contributed by atoms with Crippen LogP contribution >= 0.6 is 0 Å². The Balaban J connectivity index is 1.58. The zero-order valence-electron chi connectivity index (χ0n) is 23.1. The number of fused-ring (bicyclic) bond motifs is 7. The van der Waals surface area contributed by atoms with Gasteiger partial charge in [-0.15, -0.1) is 0 Å². The van der Waals surface area contributed by atoms with Crippen molar-refractivity contribution in [1.29, 1.82) is 5.26 Å². The summed E-state index contributed by atoms with van der Waals surface area (Å²) in [6.07, 6.45) is 10.9. The molecule has 5 rings (SSSR count). The van der Waals surface area contributed by atoms with Gasteiger partial charge in [0.25, 0.3) is 0 Å². The zero-order chi connectivity index (χ0) is 25.6. The topological polar surface area (TPSA) is 70.0 Å². The van der Waals surface area contributed by atoms with E-state index in [2.05, 4.69) is 59.0 Å². The third kappa shape index (κ3) is 2.91. The number of carbonyl (C=O) groups excluding carboxylic acids is 2. The van der Waals surface area contributed by atoms with Gasteiger partial charge in [-0.2, -0.15) is 5.26 Å². The molecule has 0 spiro atoms. The Bertz CT molecular complexity index is 1020. The highest BCUT2D eigenvalue weighted by Gasteiger charge is 2.71. The van der Waals surface area contributed by atoms with Crippen molar-refractivity contribution >= 4 is 11.7 Å². The van der Waals surface area contributed by atoms with E-state index in [0.717, 1.165) is 38.5 Å². The molecule has 4 fully saturated rings. The van der Waals surface area contributed by atoms with Gasteiger partial charge in [0.05, 0.1) is 11.0 Å². The maximum absolute atomic E-state index is 13.5. The Kier molecular flexibility index (Phi) is 5.50. The summed E-state index contributed by atoms with van der Waals surface area (Å²) in [5, 5.41) is 13.1. The van der Waals surface area contributed by atoms with Crippen LogP contribution in [0.1, 0.15) is 99.8 Å². The van der Waals surface area contributed by atoms with Gasteiger partial charge < -0.3 is 5.32 Å². The summed E-state index contributed by atoms with van der Waals surface area (Å²) >= 11 is 0.